The number of hydrogen-bond acceptors (Lipinski definition) is 6. The van der Waals surface area contributed by atoms with Gasteiger partial charge in [0.25, 0.3) is 11.6 Å². The number of aromatic nitrogens is 2. The average Bonchev–Trinajstić information content (AvgIpc) is 3.69. The van der Waals surface area contributed by atoms with Crippen LogP contribution < -0.4 is 10.6 Å². The predicted octanol–water partition coefficient (Wildman–Crippen LogP) is 5.04. The number of imidazole rings is 1. The molecule has 10 nitrogen and oxygen atoms in total. The van der Waals surface area contributed by atoms with Crippen LogP contribution in [0.2, 0.25) is 0 Å². The van der Waals surface area contributed by atoms with Gasteiger partial charge in [0, 0.05) is 60.3 Å². The molecule has 2 aliphatic rings. The highest BCUT2D eigenvalue weighted by Gasteiger charge is 2.30. The zero-order valence-electron chi connectivity index (χ0n) is 20.8. The van der Waals surface area contributed by atoms with E-state index >= 15 is 0 Å². The summed E-state index contributed by atoms with van der Waals surface area (Å²) in [6.07, 6.45) is 4.87. The largest absolute Gasteiger partial charge is 0.354 e. The van der Waals surface area contributed by atoms with E-state index in [-0.39, 0.29) is 17.5 Å². The fraction of sp³-hybridized carbons (Fsp3) is 0.138. The second kappa shape index (κ2) is 9.90. The highest BCUT2D eigenvalue weighted by atomic mass is 16.6. The maximum atomic E-state index is 13.2. The van der Waals surface area contributed by atoms with E-state index in [0.717, 1.165) is 41.0 Å². The Bertz CT molecular complexity index is 1610. The highest BCUT2D eigenvalue weighted by molar-refractivity contribution is 6.37. The molecule has 0 unspecified atom stereocenters. The summed E-state index contributed by atoms with van der Waals surface area (Å²) in [5, 5.41) is 17.7. The molecule has 0 saturated carbocycles. The first-order chi connectivity index (χ1) is 19.0. The smallest absolute Gasteiger partial charge is 0.270 e. The summed E-state index contributed by atoms with van der Waals surface area (Å²) in [6.45, 7) is 1.28. The van der Waals surface area contributed by atoms with Crippen molar-refractivity contribution in [2.24, 2.45) is 0 Å². The van der Waals surface area contributed by atoms with E-state index in [2.05, 4.69) is 20.6 Å². The van der Waals surface area contributed by atoms with E-state index in [1.807, 2.05) is 53.4 Å². The van der Waals surface area contributed by atoms with Gasteiger partial charge in [0.15, 0.2) is 0 Å². The lowest BCUT2D eigenvalue weighted by atomic mass is 9.98. The van der Waals surface area contributed by atoms with Crippen molar-refractivity contribution in [3.8, 4) is 11.3 Å². The number of benzene rings is 3. The van der Waals surface area contributed by atoms with Gasteiger partial charge >= 0.3 is 0 Å². The minimum Gasteiger partial charge on any atom is -0.354 e. The Labute approximate surface area is 223 Å². The number of nitrogens with one attached hydrogen (secondary N) is 3. The lowest BCUT2D eigenvalue weighted by molar-refractivity contribution is -0.384. The fourth-order valence-corrected chi connectivity index (χ4v) is 4.95. The summed E-state index contributed by atoms with van der Waals surface area (Å²) < 4.78 is 0. The average molecular weight is 521 g/mol. The molecule has 3 heterocycles. The molecule has 1 aromatic heterocycles. The first kappa shape index (κ1) is 24.1. The minimum absolute atomic E-state index is 0.101. The Morgan fingerprint density at radius 3 is 2.51 bits per heavy atom. The number of likely N-dealkylation sites (tertiary alicyclic amines) is 1. The van der Waals surface area contributed by atoms with Gasteiger partial charge in [-0.1, -0.05) is 36.4 Å². The highest BCUT2D eigenvalue weighted by Crippen LogP contribution is 2.39. The summed E-state index contributed by atoms with van der Waals surface area (Å²) in [6, 6.07) is 19.6. The Hall–Kier alpha value is -5.25. The summed E-state index contributed by atoms with van der Waals surface area (Å²) >= 11 is 0. The topological polar surface area (TPSA) is 133 Å². The zero-order valence-corrected chi connectivity index (χ0v) is 20.8. The van der Waals surface area contributed by atoms with E-state index < -0.39 is 4.92 Å². The van der Waals surface area contributed by atoms with Crippen LogP contribution in [0.4, 0.5) is 17.1 Å². The van der Waals surface area contributed by atoms with Crippen LogP contribution >= 0.6 is 0 Å². The number of non-ortho nitro benzene ring substituents is 1. The Kier molecular flexibility index (Phi) is 6.12. The number of carbonyl (C=O) groups excluding carboxylic acids is 2. The van der Waals surface area contributed by atoms with Crippen LogP contribution in [0.1, 0.15) is 29.5 Å². The lowest BCUT2D eigenvalue weighted by Gasteiger charge is -2.18. The van der Waals surface area contributed by atoms with Gasteiger partial charge in [0.2, 0.25) is 5.91 Å². The lowest BCUT2D eigenvalue weighted by Crippen LogP contribution is -2.23. The van der Waals surface area contributed by atoms with Crippen molar-refractivity contribution in [1.82, 2.24) is 14.9 Å². The molecule has 194 valence electrons. The van der Waals surface area contributed by atoms with Gasteiger partial charge in [-0.3, -0.25) is 19.7 Å². The predicted molar refractivity (Wildman–Crippen MR) is 147 cm³/mol. The zero-order chi connectivity index (χ0) is 26.9. The van der Waals surface area contributed by atoms with Crippen molar-refractivity contribution >= 4 is 40.1 Å². The first-order valence-electron chi connectivity index (χ1n) is 12.5. The number of hydrogen-bond donors (Lipinski definition) is 3. The second-order valence-corrected chi connectivity index (χ2v) is 9.46. The third-order valence-corrected chi connectivity index (χ3v) is 6.94. The number of aromatic amines is 1. The number of rotatable bonds is 7. The summed E-state index contributed by atoms with van der Waals surface area (Å²) in [5.41, 5.74) is 5.87. The second-order valence-electron chi connectivity index (χ2n) is 9.46. The van der Waals surface area contributed by atoms with Gasteiger partial charge in [-0.2, -0.15) is 0 Å². The van der Waals surface area contributed by atoms with E-state index in [1.165, 1.54) is 12.1 Å². The van der Waals surface area contributed by atoms with E-state index in [9.17, 15) is 19.7 Å². The van der Waals surface area contributed by atoms with Crippen molar-refractivity contribution in [1.29, 1.82) is 0 Å². The Balaban J connectivity index is 1.40. The normalized spacial score (nSPS) is 15.7. The summed E-state index contributed by atoms with van der Waals surface area (Å²) in [4.78, 5) is 45.4. The number of amides is 2. The van der Waals surface area contributed by atoms with Crippen LogP contribution in [0.5, 0.6) is 0 Å². The number of fused-ring (bicyclic) bond motifs is 1. The molecule has 3 aromatic carbocycles. The number of nitrogens with zero attached hydrogens (tertiary/aromatic N) is 3. The van der Waals surface area contributed by atoms with Crippen LogP contribution in [0.25, 0.3) is 22.5 Å². The molecule has 3 N–H and O–H groups in total. The Morgan fingerprint density at radius 1 is 1.05 bits per heavy atom. The van der Waals surface area contributed by atoms with E-state index in [4.69, 9.17) is 0 Å². The molecule has 0 spiro atoms. The van der Waals surface area contributed by atoms with Gasteiger partial charge in [-0.05, 0) is 35.7 Å². The van der Waals surface area contributed by atoms with Crippen molar-refractivity contribution < 1.29 is 14.5 Å². The molecule has 1 saturated heterocycles. The standard InChI is InChI=1S/C29H24N6O4/c36-26-2-1-13-34(26)16-18-3-5-20(6-4-18)28(32-21-9-7-19(8-10-21)25-15-30-17-31-25)27-23-14-22(35(38)39)11-12-24(23)33-29(27)37/h3-12,14-15,17,32H,1-2,13,16H2,(H,30,31)(H,33,37)/b28-27-. The van der Waals surface area contributed by atoms with Gasteiger partial charge in [-0.25, -0.2) is 4.98 Å². The molecule has 2 aliphatic heterocycles. The SMILES string of the molecule is O=C1Nc2ccc([N+](=O)[O-])cc2/C1=C(/Nc1ccc(-c2c[nH]cn2)cc1)c1ccc(CN2CCCC2=O)cc1. The molecule has 0 atom stereocenters. The fourth-order valence-electron chi connectivity index (χ4n) is 4.95. The third kappa shape index (κ3) is 4.75. The van der Waals surface area contributed by atoms with Crippen LogP contribution in [0.3, 0.4) is 0 Å². The van der Waals surface area contributed by atoms with Crippen molar-refractivity contribution in [3.63, 3.8) is 0 Å². The maximum Gasteiger partial charge on any atom is 0.270 e. The molecular formula is C29H24N6O4. The molecule has 6 rings (SSSR count). The van der Waals surface area contributed by atoms with Gasteiger partial charge in [-0.15, -0.1) is 0 Å². The molecule has 0 aliphatic carbocycles. The quantitative estimate of drug-likeness (QED) is 0.178. The van der Waals surface area contributed by atoms with Crippen LogP contribution in [0.15, 0.2) is 79.3 Å². The van der Waals surface area contributed by atoms with Gasteiger partial charge < -0.3 is 20.5 Å². The van der Waals surface area contributed by atoms with Gasteiger partial charge in [0.05, 0.1) is 28.2 Å². The molecule has 4 aromatic rings. The van der Waals surface area contributed by atoms with Crippen molar-refractivity contribution in [2.45, 2.75) is 19.4 Å². The van der Waals surface area contributed by atoms with Crippen LogP contribution in [-0.4, -0.2) is 38.2 Å². The first-order valence-corrected chi connectivity index (χ1v) is 12.5. The van der Waals surface area contributed by atoms with Crippen LogP contribution in [-0.2, 0) is 16.1 Å². The number of nitro benzene ring substituents is 1. The molecule has 0 bridgehead atoms. The van der Waals surface area contributed by atoms with Crippen molar-refractivity contribution in [3.05, 3.63) is 106 Å². The van der Waals surface area contributed by atoms with Crippen molar-refractivity contribution in [2.75, 3.05) is 17.2 Å². The van der Waals surface area contributed by atoms with E-state index in [0.29, 0.717) is 35.5 Å². The molecule has 10 heteroatoms. The number of anilines is 2. The molecule has 39 heavy (non-hydrogen) atoms. The number of H-pyrrole nitrogens is 1. The van der Waals surface area contributed by atoms with Crippen LogP contribution in [0, 0.1) is 10.1 Å². The molecule has 1 fully saturated rings. The summed E-state index contributed by atoms with van der Waals surface area (Å²) in [7, 11) is 0. The Morgan fingerprint density at radius 2 is 1.85 bits per heavy atom. The third-order valence-electron chi connectivity index (χ3n) is 6.94. The molecular weight excluding hydrogens is 496 g/mol. The minimum atomic E-state index is -0.476. The summed E-state index contributed by atoms with van der Waals surface area (Å²) in [5.74, 6) is -0.199. The number of nitro groups is 1. The molecule has 2 amide bonds. The van der Waals surface area contributed by atoms with E-state index in [1.54, 1.807) is 18.6 Å². The van der Waals surface area contributed by atoms with Gasteiger partial charge in [0.1, 0.15) is 0 Å². The monoisotopic (exact) mass is 520 g/mol. The maximum absolute atomic E-state index is 13.2. The number of carbonyl (C=O) groups is 2. The molecule has 0 radical (unpaired) electrons.